The first-order valence-corrected chi connectivity index (χ1v) is 14.3. The van der Waals surface area contributed by atoms with Gasteiger partial charge in [-0.25, -0.2) is 0 Å². The van der Waals surface area contributed by atoms with E-state index >= 15 is 0 Å². The molecule has 2 aromatic carbocycles. The normalized spacial score (nSPS) is 18.1. The van der Waals surface area contributed by atoms with Gasteiger partial charge < -0.3 is 15.1 Å². The molecule has 1 amide bonds. The maximum absolute atomic E-state index is 12.6. The Kier molecular flexibility index (Phi) is 9.19. The molecule has 5 nitrogen and oxygen atoms in total. The van der Waals surface area contributed by atoms with Gasteiger partial charge in [-0.15, -0.1) is 0 Å². The van der Waals surface area contributed by atoms with Crippen LogP contribution in [-0.4, -0.2) is 68.2 Å². The number of thioether (sulfide) groups is 1. The van der Waals surface area contributed by atoms with Crippen LogP contribution in [0.1, 0.15) is 45.6 Å². The first-order valence-electron chi connectivity index (χ1n) is 13.4. The molecule has 0 bridgehead atoms. The highest BCUT2D eigenvalue weighted by atomic mass is 32.2. The van der Waals surface area contributed by atoms with Gasteiger partial charge in [-0.05, 0) is 72.0 Å². The predicted octanol–water partition coefficient (Wildman–Crippen LogP) is 5.89. The smallest absolute Gasteiger partial charge is 0.371 e. The van der Waals surface area contributed by atoms with Crippen LogP contribution in [0.25, 0.3) is 0 Å². The molecule has 38 heavy (non-hydrogen) atoms. The van der Waals surface area contributed by atoms with Crippen molar-refractivity contribution in [2.45, 2.75) is 61.9 Å². The molecular weight excluding hydrogens is 509 g/mol. The number of alkyl halides is 3. The number of carbonyl (C=O) groups excluding carboxylic acids is 1. The molecule has 0 unspecified atom stereocenters. The lowest BCUT2D eigenvalue weighted by molar-refractivity contribution is -0.122. The van der Waals surface area contributed by atoms with Crippen molar-refractivity contribution in [1.82, 2.24) is 10.2 Å². The first kappa shape index (κ1) is 28.6. The lowest BCUT2D eigenvalue weighted by Gasteiger charge is -2.36. The number of carbonyl (C=O) groups is 1. The molecule has 0 aliphatic carbocycles. The van der Waals surface area contributed by atoms with Gasteiger partial charge in [-0.1, -0.05) is 32.9 Å². The minimum Gasteiger partial charge on any atom is -0.371 e. The van der Waals surface area contributed by atoms with Crippen LogP contribution in [0.4, 0.5) is 24.5 Å². The molecule has 1 N–H and O–H groups in total. The molecule has 2 aliphatic heterocycles. The van der Waals surface area contributed by atoms with E-state index in [0.29, 0.717) is 6.42 Å². The summed E-state index contributed by atoms with van der Waals surface area (Å²) in [6, 6.07) is 15.6. The van der Waals surface area contributed by atoms with Gasteiger partial charge in [0.25, 0.3) is 0 Å². The van der Waals surface area contributed by atoms with Crippen LogP contribution < -0.4 is 15.1 Å². The maximum Gasteiger partial charge on any atom is 0.446 e. The molecule has 2 saturated heterocycles. The number of halogens is 3. The highest BCUT2D eigenvalue weighted by molar-refractivity contribution is 8.00. The molecule has 2 aliphatic rings. The molecule has 208 valence electrons. The molecule has 2 fully saturated rings. The number of rotatable bonds is 7. The van der Waals surface area contributed by atoms with E-state index in [2.05, 4.69) is 65.1 Å². The predicted molar refractivity (Wildman–Crippen MR) is 150 cm³/mol. The van der Waals surface area contributed by atoms with E-state index in [9.17, 15) is 18.0 Å². The number of piperazine rings is 1. The Labute approximate surface area is 228 Å². The zero-order valence-corrected chi connectivity index (χ0v) is 23.4. The summed E-state index contributed by atoms with van der Waals surface area (Å²) >= 11 is -0.0937. The minimum absolute atomic E-state index is 0.0937. The van der Waals surface area contributed by atoms with Gasteiger partial charge in [0, 0.05) is 74.5 Å². The third-order valence-corrected chi connectivity index (χ3v) is 8.16. The van der Waals surface area contributed by atoms with E-state index in [1.54, 1.807) is 12.1 Å². The summed E-state index contributed by atoms with van der Waals surface area (Å²) in [5, 5.41) is 3.19. The van der Waals surface area contributed by atoms with E-state index < -0.39 is 5.51 Å². The van der Waals surface area contributed by atoms with Gasteiger partial charge in [-0.3, -0.25) is 9.69 Å². The van der Waals surface area contributed by atoms with Gasteiger partial charge in [0.1, 0.15) is 0 Å². The molecule has 4 rings (SSSR count). The zero-order chi connectivity index (χ0) is 27.3. The number of anilines is 2. The zero-order valence-electron chi connectivity index (χ0n) is 22.6. The fourth-order valence-electron chi connectivity index (χ4n) is 5.10. The van der Waals surface area contributed by atoms with Gasteiger partial charge in [-0.2, -0.15) is 13.2 Å². The quantitative estimate of drug-likeness (QED) is 0.437. The topological polar surface area (TPSA) is 38.8 Å². The lowest BCUT2D eigenvalue weighted by Crippen LogP contribution is -2.48. The number of nitrogens with one attached hydrogen (secondary N) is 1. The minimum atomic E-state index is -4.27. The first-order chi connectivity index (χ1) is 18.0. The van der Waals surface area contributed by atoms with Gasteiger partial charge in [0.05, 0.1) is 0 Å². The third-order valence-electron chi connectivity index (χ3n) is 7.42. The van der Waals surface area contributed by atoms with Crippen LogP contribution in [0.3, 0.4) is 0 Å². The summed E-state index contributed by atoms with van der Waals surface area (Å²) in [5.74, 6) is 0.0946. The average molecular weight is 549 g/mol. The highest BCUT2D eigenvalue weighted by Crippen LogP contribution is 2.37. The van der Waals surface area contributed by atoms with Crippen LogP contribution in [0.15, 0.2) is 53.4 Å². The van der Waals surface area contributed by atoms with E-state index in [4.69, 9.17) is 0 Å². The fourth-order valence-corrected chi connectivity index (χ4v) is 5.64. The average Bonchev–Trinajstić information content (AvgIpc) is 2.87. The van der Waals surface area contributed by atoms with E-state index in [-0.39, 0.29) is 34.0 Å². The Morgan fingerprint density at radius 3 is 1.89 bits per heavy atom. The van der Waals surface area contributed by atoms with Crippen LogP contribution in [-0.2, 0) is 10.2 Å². The highest BCUT2D eigenvalue weighted by Gasteiger charge is 2.29. The molecule has 2 aromatic rings. The Balaban J connectivity index is 1.13. The van der Waals surface area contributed by atoms with Gasteiger partial charge in [0.15, 0.2) is 0 Å². The Bertz CT molecular complexity index is 1040. The third kappa shape index (κ3) is 8.30. The number of nitrogens with zero attached hydrogens (tertiary/aromatic N) is 3. The van der Waals surface area contributed by atoms with Crippen LogP contribution in [0.2, 0.25) is 0 Å². The summed E-state index contributed by atoms with van der Waals surface area (Å²) < 4.78 is 37.6. The van der Waals surface area contributed by atoms with Crippen molar-refractivity contribution >= 4 is 29.0 Å². The number of hydrogen-bond acceptors (Lipinski definition) is 5. The second kappa shape index (κ2) is 12.2. The van der Waals surface area contributed by atoms with Crippen molar-refractivity contribution in [3.05, 3.63) is 54.1 Å². The number of piperidine rings is 1. The number of amides is 1. The number of hydrogen-bond donors (Lipinski definition) is 1. The molecule has 0 aromatic heterocycles. The van der Waals surface area contributed by atoms with Crippen LogP contribution in [0.5, 0.6) is 0 Å². The van der Waals surface area contributed by atoms with Crippen molar-refractivity contribution < 1.29 is 18.0 Å². The Hall–Kier alpha value is -2.39. The van der Waals surface area contributed by atoms with E-state index in [0.717, 1.165) is 64.3 Å². The number of benzene rings is 2. The summed E-state index contributed by atoms with van der Waals surface area (Å²) in [4.78, 5) is 19.7. The SMILES string of the molecule is CC(C)(C)c1ccc(N2CCN(CCC(=O)NC3CCN(c4ccc(SC(F)(F)F)cc4)CC3)CC2)cc1. The summed E-state index contributed by atoms with van der Waals surface area (Å²) in [6.07, 6.45) is 2.16. The second-order valence-electron chi connectivity index (χ2n) is 11.2. The molecule has 0 spiro atoms. The molecule has 0 atom stereocenters. The van der Waals surface area contributed by atoms with Gasteiger partial charge in [0.2, 0.25) is 5.91 Å². The lowest BCUT2D eigenvalue weighted by atomic mass is 9.87. The van der Waals surface area contributed by atoms with Crippen LogP contribution in [0, 0.1) is 0 Å². The van der Waals surface area contributed by atoms with Crippen molar-refractivity contribution in [3.63, 3.8) is 0 Å². The molecule has 0 radical (unpaired) electrons. The van der Waals surface area contributed by atoms with Crippen molar-refractivity contribution in [2.75, 3.05) is 55.6 Å². The Morgan fingerprint density at radius 2 is 1.37 bits per heavy atom. The largest absolute Gasteiger partial charge is 0.446 e. The van der Waals surface area contributed by atoms with Gasteiger partial charge >= 0.3 is 5.51 Å². The standard InChI is InChI=1S/C29H39F3N4OS/c1-28(2,3)22-4-6-24(7-5-22)36-20-18-34(19-21-36)15-14-27(37)33-23-12-16-35(17-13-23)25-8-10-26(11-9-25)38-29(30,31)32/h4-11,23H,12-21H2,1-3H3,(H,33,37). The van der Waals surface area contributed by atoms with Crippen molar-refractivity contribution in [2.24, 2.45) is 0 Å². The fraction of sp³-hybridized carbons (Fsp3) is 0.552. The molecule has 9 heteroatoms. The summed E-state index contributed by atoms with van der Waals surface area (Å²) in [7, 11) is 0. The van der Waals surface area contributed by atoms with E-state index in [1.165, 1.54) is 23.4 Å². The van der Waals surface area contributed by atoms with E-state index in [1.807, 2.05) is 0 Å². The molecule has 2 heterocycles. The monoisotopic (exact) mass is 548 g/mol. The Morgan fingerprint density at radius 1 is 0.842 bits per heavy atom. The van der Waals surface area contributed by atoms with Crippen LogP contribution >= 0.6 is 11.8 Å². The maximum atomic E-state index is 12.6. The molecule has 0 saturated carbocycles. The summed E-state index contributed by atoms with van der Waals surface area (Å²) in [5.41, 5.74) is -0.591. The molecular formula is C29H39F3N4OS. The van der Waals surface area contributed by atoms with Crippen molar-refractivity contribution in [3.8, 4) is 0 Å². The van der Waals surface area contributed by atoms with Crippen molar-refractivity contribution in [1.29, 1.82) is 0 Å². The summed E-state index contributed by atoms with van der Waals surface area (Å²) in [6.45, 7) is 12.8. The second-order valence-corrected chi connectivity index (χ2v) is 12.4.